The van der Waals surface area contributed by atoms with E-state index in [2.05, 4.69) is 32.9 Å². The molecule has 4 heterocycles. The number of pyridine rings is 2. The second kappa shape index (κ2) is 16.5. The number of anilines is 2. The average molecular weight is 847 g/mol. The van der Waals surface area contributed by atoms with Gasteiger partial charge in [-0.15, -0.1) is 0 Å². The van der Waals surface area contributed by atoms with Crippen LogP contribution in [0.3, 0.4) is 0 Å². The smallest absolute Gasteiger partial charge is 0.262 e. The van der Waals surface area contributed by atoms with Crippen molar-refractivity contribution in [1.82, 2.24) is 30.0 Å². The largest absolute Gasteiger partial charge is 0.496 e. The molecule has 4 aromatic rings. The summed E-state index contributed by atoms with van der Waals surface area (Å²) in [6.45, 7) is 2.70. The summed E-state index contributed by atoms with van der Waals surface area (Å²) < 4.78 is 13.5. The van der Waals surface area contributed by atoms with Gasteiger partial charge in [0.25, 0.3) is 17.4 Å². The fraction of sp³-hybridized carbons (Fsp3) is 0.457. The van der Waals surface area contributed by atoms with E-state index in [-0.39, 0.29) is 46.3 Å². The van der Waals surface area contributed by atoms with E-state index >= 15 is 0 Å². The molecule has 5 amide bonds. The Balaban J connectivity index is 0.788. The number of carbonyl (C=O) groups is 5. The van der Waals surface area contributed by atoms with Crippen molar-refractivity contribution < 1.29 is 33.4 Å². The van der Waals surface area contributed by atoms with Crippen LogP contribution in [0.5, 0.6) is 11.5 Å². The van der Waals surface area contributed by atoms with Gasteiger partial charge in [-0.25, -0.2) is 4.98 Å². The Kier molecular flexibility index (Phi) is 11.3. The summed E-state index contributed by atoms with van der Waals surface area (Å²) in [5, 5.41) is 10.0. The third-order valence-electron chi connectivity index (χ3n) is 13.0. The zero-order valence-corrected chi connectivity index (χ0v) is 36.2. The van der Waals surface area contributed by atoms with Crippen molar-refractivity contribution in [3.63, 3.8) is 0 Å². The molecular formula is C46H54N8O8. The number of benzene rings is 2. The number of hydrogen-bond acceptors (Lipinski definition) is 12. The topological polar surface area (TPSA) is 185 Å². The van der Waals surface area contributed by atoms with Gasteiger partial charge in [-0.05, 0) is 99.4 Å². The molecule has 0 spiro atoms. The summed E-state index contributed by atoms with van der Waals surface area (Å²) in [6, 6.07) is 9.92. The zero-order valence-electron chi connectivity index (χ0n) is 36.2. The number of nitrogens with zero attached hydrogens (tertiary/aromatic N) is 5. The minimum atomic E-state index is -0.995. The number of fused-ring (bicyclic) bond motifs is 2. The van der Waals surface area contributed by atoms with Gasteiger partial charge in [0, 0.05) is 82.8 Å². The first-order chi connectivity index (χ1) is 29.7. The molecule has 0 radical (unpaired) electrons. The summed E-state index contributed by atoms with van der Waals surface area (Å²) >= 11 is 0. The van der Waals surface area contributed by atoms with Crippen LogP contribution in [-0.4, -0.2) is 110 Å². The number of methoxy groups -OCH3 is 2. The van der Waals surface area contributed by atoms with E-state index in [1.54, 1.807) is 50.2 Å². The number of ether oxygens (including phenoxy) is 2. The van der Waals surface area contributed by atoms with E-state index in [4.69, 9.17) is 9.47 Å². The van der Waals surface area contributed by atoms with E-state index in [1.807, 2.05) is 43.4 Å². The second-order valence-corrected chi connectivity index (χ2v) is 17.7. The molecule has 5 aliphatic rings. The maximum atomic E-state index is 13.3. The highest BCUT2D eigenvalue weighted by atomic mass is 16.5. The maximum absolute atomic E-state index is 13.3. The van der Waals surface area contributed by atoms with Gasteiger partial charge in [-0.1, -0.05) is 0 Å². The molecule has 62 heavy (non-hydrogen) atoms. The first kappa shape index (κ1) is 42.4. The highest BCUT2D eigenvalue weighted by Gasteiger charge is 2.71. The van der Waals surface area contributed by atoms with E-state index in [0.717, 1.165) is 77.9 Å². The maximum Gasteiger partial charge on any atom is 0.262 e. The predicted octanol–water partition coefficient (Wildman–Crippen LogP) is 4.09. The van der Waals surface area contributed by atoms with Gasteiger partial charge >= 0.3 is 0 Å². The predicted molar refractivity (Wildman–Crippen MR) is 233 cm³/mol. The molecule has 16 nitrogen and oxygen atoms in total. The van der Waals surface area contributed by atoms with E-state index in [9.17, 15) is 28.8 Å². The molecule has 3 N–H and O–H groups in total. The minimum Gasteiger partial charge on any atom is -0.496 e. The van der Waals surface area contributed by atoms with Crippen molar-refractivity contribution >= 4 is 51.8 Å². The van der Waals surface area contributed by atoms with Crippen LogP contribution >= 0.6 is 0 Å². The molecule has 3 aliphatic carbocycles. The van der Waals surface area contributed by atoms with Crippen LogP contribution in [0, 0.1) is 10.8 Å². The molecule has 9 rings (SSSR count). The molecule has 1 unspecified atom stereocenters. The van der Waals surface area contributed by atoms with Crippen LogP contribution in [0.1, 0.15) is 77.6 Å². The van der Waals surface area contributed by atoms with Crippen LogP contribution < -0.4 is 35.9 Å². The number of aryl methyl sites for hydroxylation is 1. The van der Waals surface area contributed by atoms with Gasteiger partial charge in [0.15, 0.2) is 0 Å². The minimum absolute atomic E-state index is 0.0736. The van der Waals surface area contributed by atoms with Gasteiger partial charge in [0.05, 0.1) is 41.7 Å². The fourth-order valence-electron chi connectivity index (χ4n) is 10.1. The molecule has 1 atom stereocenters. The lowest BCUT2D eigenvalue weighted by Crippen LogP contribution is -2.70. The molecular weight excluding hydrogens is 793 g/mol. The van der Waals surface area contributed by atoms with Gasteiger partial charge < -0.3 is 34.5 Å². The normalized spacial score (nSPS) is 21.3. The summed E-state index contributed by atoms with van der Waals surface area (Å²) in [4.78, 5) is 86.0. The second-order valence-electron chi connectivity index (χ2n) is 17.7. The lowest BCUT2D eigenvalue weighted by molar-refractivity contribution is -0.213. The Morgan fingerprint density at radius 2 is 1.58 bits per heavy atom. The number of imide groups is 2. The molecule has 2 aromatic carbocycles. The summed E-state index contributed by atoms with van der Waals surface area (Å²) in [7, 11) is 11.0. The number of carbonyl (C=O) groups excluding carboxylic acids is 5. The van der Waals surface area contributed by atoms with E-state index < -0.39 is 29.7 Å². The summed E-state index contributed by atoms with van der Waals surface area (Å²) in [6.07, 6.45) is 8.86. The van der Waals surface area contributed by atoms with Gasteiger partial charge in [-0.3, -0.25) is 39.0 Å². The van der Waals surface area contributed by atoms with Crippen molar-refractivity contribution in [2.45, 2.75) is 64.0 Å². The number of hydrogen-bond donors (Lipinski definition) is 3. The monoisotopic (exact) mass is 846 g/mol. The molecule has 16 heteroatoms. The third-order valence-corrected chi connectivity index (χ3v) is 13.0. The molecule has 2 bridgehead atoms. The average Bonchev–Trinajstić information content (AvgIpc) is 3.46. The molecule has 1 saturated heterocycles. The molecule has 4 fully saturated rings. The van der Waals surface area contributed by atoms with Crippen molar-refractivity contribution in [2.24, 2.45) is 17.9 Å². The number of unbranched alkanes of at least 4 members (excludes halogenated alkanes) is 2. The van der Waals surface area contributed by atoms with Crippen molar-refractivity contribution in [3.8, 4) is 22.6 Å². The molecule has 326 valence electrons. The van der Waals surface area contributed by atoms with E-state index in [0.29, 0.717) is 42.2 Å². The SMILES string of the molecule is COc1cc(-c2cn(C)c(=O)c3cnc(N(C)C)cc23)cc(OC)c1CN(C)CC12CC(C(=O)NCCCCCNc3ccc4c(c3)C(=O)N(C3CCC(=O)NC3=O)C4=O)(C1)C2. The quantitative estimate of drug-likeness (QED) is 0.102. The van der Waals surface area contributed by atoms with Gasteiger partial charge in [0.2, 0.25) is 17.7 Å². The Morgan fingerprint density at radius 3 is 2.26 bits per heavy atom. The zero-order chi connectivity index (χ0) is 44.1. The summed E-state index contributed by atoms with van der Waals surface area (Å²) in [5.74, 6) is 0.174. The van der Waals surface area contributed by atoms with Crippen LogP contribution in [-0.2, 0) is 28.0 Å². The van der Waals surface area contributed by atoms with E-state index in [1.165, 1.54) is 0 Å². The third kappa shape index (κ3) is 7.65. The van der Waals surface area contributed by atoms with Crippen LogP contribution in [0.25, 0.3) is 21.9 Å². The lowest BCUT2D eigenvalue weighted by atomic mass is 9.34. The highest BCUT2D eigenvalue weighted by molar-refractivity contribution is 6.23. The first-order valence-corrected chi connectivity index (χ1v) is 21.1. The van der Waals surface area contributed by atoms with Gasteiger partial charge in [-0.2, -0.15) is 0 Å². The van der Waals surface area contributed by atoms with Crippen molar-refractivity contribution in [3.05, 3.63) is 75.8 Å². The number of amides is 5. The summed E-state index contributed by atoms with van der Waals surface area (Å²) in [5.41, 5.74) is 3.57. The van der Waals surface area contributed by atoms with Crippen molar-refractivity contribution in [2.75, 3.05) is 65.2 Å². The molecule has 3 saturated carbocycles. The van der Waals surface area contributed by atoms with Crippen LogP contribution in [0.15, 0.2) is 53.6 Å². The lowest BCUT2D eigenvalue weighted by Gasteiger charge is -2.70. The Hall–Kier alpha value is -6.29. The van der Waals surface area contributed by atoms with Crippen LogP contribution in [0.2, 0.25) is 0 Å². The number of piperidine rings is 1. The van der Waals surface area contributed by atoms with Crippen molar-refractivity contribution in [1.29, 1.82) is 0 Å². The van der Waals surface area contributed by atoms with Gasteiger partial charge in [0.1, 0.15) is 23.4 Å². The Bertz CT molecular complexity index is 2520. The Labute approximate surface area is 359 Å². The molecule has 2 aromatic heterocycles. The fourth-order valence-corrected chi connectivity index (χ4v) is 10.1. The van der Waals surface area contributed by atoms with Crippen LogP contribution in [0.4, 0.5) is 11.5 Å². The number of rotatable bonds is 17. The Morgan fingerprint density at radius 1 is 0.887 bits per heavy atom. The molecule has 2 aliphatic heterocycles. The number of aromatic nitrogens is 2. The first-order valence-electron chi connectivity index (χ1n) is 21.1. The highest BCUT2D eigenvalue weighted by Crippen LogP contribution is 2.73. The standard InChI is InChI=1S/C46H54N8O8/c1-51(2)38-19-30-32(20-49-38)41(57)53(4)22-33(30)27-16-36(61-5)34(37(17-27)62-6)21-52(3)26-45-23-46(24-45,25-45)44(60)48-15-9-7-8-14-47-28-10-11-29-31(18-28)43(59)54(42(29)58)35-12-13-39(55)50-40(35)56/h10-11,16-20,22,35,47H,7-9,12-15,21,23-26H2,1-6H3,(H,48,60)(H,50,55,56). The number of nitrogens with one attached hydrogen (secondary N) is 3.